The van der Waals surface area contributed by atoms with E-state index in [4.69, 9.17) is 16.3 Å². The number of ether oxygens (including phenoxy) is 1. The smallest absolute Gasteiger partial charge is 0.261 e. The molecule has 0 N–H and O–H groups in total. The van der Waals surface area contributed by atoms with Crippen LogP contribution >= 0.6 is 11.6 Å². The summed E-state index contributed by atoms with van der Waals surface area (Å²) in [6.07, 6.45) is 4.56. The second-order valence-corrected chi connectivity index (χ2v) is 6.58. The molecule has 0 unspecified atom stereocenters. The Kier molecular flexibility index (Phi) is 4.35. The van der Waals surface area contributed by atoms with Crippen LogP contribution < -0.4 is 10.3 Å². The molecule has 0 aliphatic carbocycles. The largest absolute Gasteiger partial charge is 0.490 e. The maximum Gasteiger partial charge on any atom is 0.261 e. The molecule has 0 fully saturated rings. The van der Waals surface area contributed by atoms with Crippen molar-refractivity contribution in [1.82, 2.24) is 9.55 Å². The molecule has 2 heterocycles. The monoisotopic (exact) mass is 364 g/mol. The summed E-state index contributed by atoms with van der Waals surface area (Å²) in [4.78, 5) is 17.4. The first kappa shape index (κ1) is 16.6. The van der Waals surface area contributed by atoms with Crippen LogP contribution in [-0.2, 0) is 6.54 Å². The van der Waals surface area contributed by atoms with Gasteiger partial charge in [-0.05, 0) is 54.0 Å². The molecule has 0 radical (unpaired) electrons. The normalized spacial score (nSPS) is 14.6. The van der Waals surface area contributed by atoms with E-state index in [1.165, 1.54) is 0 Å². The van der Waals surface area contributed by atoms with Crippen LogP contribution in [0, 0.1) is 0 Å². The third-order valence-electron chi connectivity index (χ3n) is 4.40. The third-order valence-corrected chi connectivity index (χ3v) is 4.63. The number of hydrogen-bond donors (Lipinski definition) is 0. The molecule has 0 atom stereocenters. The van der Waals surface area contributed by atoms with Crippen molar-refractivity contribution in [3.63, 3.8) is 0 Å². The number of aromatic nitrogens is 2. The molecular formula is C21H17ClN2O2. The van der Waals surface area contributed by atoms with Gasteiger partial charge in [-0.25, -0.2) is 4.98 Å². The second-order valence-electron chi connectivity index (χ2n) is 6.14. The SMILES string of the molecule is C=CCOc1ccc(/C=C2\CCn3c2nc2cc(Cl)ccc2c3=O)cc1. The highest BCUT2D eigenvalue weighted by molar-refractivity contribution is 6.31. The van der Waals surface area contributed by atoms with Gasteiger partial charge in [0, 0.05) is 11.6 Å². The molecule has 0 spiro atoms. The Hall–Kier alpha value is -2.85. The average Bonchev–Trinajstić information content (AvgIpc) is 3.04. The van der Waals surface area contributed by atoms with Gasteiger partial charge in [0.2, 0.25) is 0 Å². The minimum atomic E-state index is -0.0155. The van der Waals surface area contributed by atoms with Crippen molar-refractivity contribution in [3.8, 4) is 5.75 Å². The Morgan fingerprint density at radius 1 is 1.23 bits per heavy atom. The van der Waals surface area contributed by atoms with Gasteiger partial charge in [-0.2, -0.15) is 0 Å². The van der Waals surface area contributed by atoms with Gasteiger partial charge in [0.15, 0.2) is 0 Å². The minimum absolute atomic E-state index is 0.0155. The summed E-state index contributed by atoms with van der Waals surface area (Å²) >= 11 is 6.06. The van der Waals surface area contributed by atoms with Crippen LogP contribution in [0.3, 0.4) is 0 Å². The van der Waals surface area contributed by atoms with Crippen molar-refractivity contribution in [2.75, 3.05) is 6.61 Å². The zero-order valence-corrected chi connectivity index (χ0v) is 14.9. The molecule has 1 aliphatic rings. The van der Waals surface area contributed by atoms with Crippen LogP contribution in [0.2, 0.25) is 5.02 Å². The Morgan fingerprint density at radius 3 is 2.81 bits per heavy atom. The molecule has 1 aliphatic heterocycles. The second kappa shape index (κ2) is 6.81. The zero-order valence-electron chi connectivity index (χ0n) is 14.1. The highest BCUT2D eigenvalue weighted by Crippen LogP contribution is 2.28. The molecule has 3 aromatic rings. The quantitative estimate of drug-likeness (QED) is 0.637. The van der Waals surface area contributed by atoms with Crippen molar-refractivity contribution >= 4 is 34.2 Å². The lowest BCUT2D eigenvalue weighted by atomic mass is 10.1. The molecule has 0 amide bonds. The maximum atomic E-state index is 12.7. The molecular weight excluding hydrogens is 348 g/mol. The first-order valence-corrected chi connectivity index (χ1v) is 8.78. The van der Waals surface area contributed by atoms with Crippen LogP contribution in [0.4, 0.5) is 0 Å². The van der Waals surface area contributed by atoms with Gasteiger partial charge in [-0.1, -0.05) is 36.4 Å². The number of fused-ring (bicyclic) bond motifs is 2. The number of nitrogens with zero attached hydrogens (tertiary/aromatic N) is 2. The minimum Gasteiger partial charge on any atom is -0.490 e. The van der Waals surface area contributed by atoms with Gasteiger partial charge < -0.3 is 4.74 Å². The number of allylic oxidation sites excluding steroid dienone is 1. The molecule has 4 nitrogen and oxygen atoms in total. The van der Waals surface area contributed by atoms with Crippen molar-refractivity contribution in [2.24, 2.45) is 0 Å². The maximum absolute atomic E-state index is 12.7. The molecule has 0 saturated heterocycles. The lowest BCUT2D eigenvalue weighted by Crippen LogP contribution is -2.20. The van der Waals surface area contributed by atoms with E-state index in [1.54, 1.807) is 28.8 Å². The lowest BCUT2D eigenvalue weighted by molar-refractivity contribution is 0.363. The predicted octanol–water partition coefficient (Wildman–Crippen LogP) is 4.56. The Morgan fingerprint density at radius 2 is 2.04 bits per heavy atom. The van der Waals surface area contributed by atoms with Gasteiger partial charge in [-0.3, -0.25) is 9.36 Å². The summed E-state index contributed by atoms with van der Waals surface area (Å²) in [5.41, 5.74) is 2.71. The van der Waals surface area contributed by atoms with E-state index in [1.807, 2.05) is 24.3 Å². The fourth-order valence-corrected chi connectivity index (χ4v) is 3.31. The molecule has 2 aromatic carbocycles. The molecule has 130 valence electrons. The van der Waals surface area contributed by atoms with Crippen molar-refractivity contribution in [3.05, 3.63) is 81.9 Å². The number of benzene rings is 2. The summed E-state index contributed by atoms with van der Waals surface area (Å²) in [6.45, 7) is 4.77. The van der Waals surface area contributed by atoms with Gasteiger partial charge in [0.05, 0.1) is 10.9 Å². The first-order chi connectivity index (χ1) is 12.7. The molecule has 0 saturated carbocycles. The van der Waals surface area contributed by atoms with Crippen molar-refractivity contribution < 1.29 is 4.74 Å². The van der Waals surface area contributed by atoms with Gasteiger partial charge in [-0.15, -0.1) is 0 Å². The fraction of sp³-hybridized carbons (Fsp3) is 0.143. The molecule has 4 rings (SSSR count). The van der Waals surface area contributed by atoms with E-state index >= 15 is 0 Å². The molecule has 1 aromatic heterocycles. The van der Waals surface area contributed by atoms with Gasteiger partial charge >= 0.3 is 0 Å². The topological polar surface area (TPSA) is 44.1 Å². The van der Waals surface area contributed by atoms with Crippen LogP contribution in [0.1, 0.15) is 17.8 Å². The Labute approximate surface area is 156 Å². The molecule has 5 heteroatoms. The van der Waals surface area contributed by atoms with Crippen LogP contribution in [0.15, 0.2) is 59.9 Å². The third kappa shape index (κ3) is 3.04. The highest BCUT2D eigenvalue weighted by Gasteiger charge is 2.20. The summed E-state index contributed by atoms with van der Waals surface area (Å²) in [7, 11) is 0. The summed E-state index contributed by atoms with van der Waals surface area (Å²) in [6, 6.07) is 13.0. The van der Waals surface area contributed by atoms with Gasteiger partial charge in [0.25, 0.3) is 5.56 Å². The summed E-state index contributed by atoms with van der Waals surface area (Å²) in [5.74, 6) is 1.52. The van der Waals surface area contributed by atoms with E-state index in [-0.39, 0.29) is 5.56 Å². The zero-order chi connectivity index (χ0) is 18.1. The van der Waals surface area contributed by atoms with Crippen LogP contribution in [0.5, 0.6) is 5.75 Å². The Balaban J connectivity index is 1.73. The van der Waals surface area contributed by atoms with Crippen LogP contribution in [0.25, 0.3) is 22.6 Å². The van der Waals surface area contributed by atoms with Crippen molar-refractivity contribution in [1.29, 1.82) is 0 Å². The Bertz CT molecular complexity index is 1080. The number of halogens is 1. The van der Waals surface area contributed by atoms with Crippen LogP contribution in [-0.4, -0.2) is 16.2 Å². The van der Waals surface area contributed by atoms with E-state index in [0.717, 1.165) is 29.1 Å². The van der Waals surface area contributed by atoms with E-state index < -0.39 is 0 Å². The number of hydrogen-bond acceptors (Lipinski definition) is 3. The predicted molar refractivity (Wildman–Crippen MR) is 106 cm³/mol. The van der Waals surface area contributed by atoms with E-state index in [2.05, 4.69) is 17.6 Å². The van der Waals surface area contributed by atoms with Gasteiger partial charge in [0.1, 0.15) is 18.2 Å². The first-order valence-electron chi connectivity index (χ1n) is 8.40. The summed E-state index contributed by atoms with van der Waals surface area (Å²) < 4.78 is 7.24. The molecule has 0 bridgehead atoms. The fourth-order valence-electron chi connectivity index (χ4n) is 3.14. The number of rotatable bonds is 4. The lowest BCUT2D eigenvalue weighted by Gasteiger charge is -2.06. The molecule has 26 heavy (non-hydrogen) atoms. The standard InChI is InChI=1S/C21H17ClN2O2/c1-2-11-26-17-6-3-14(4-7-17)12-15-9-10-24-20(15)23-19-13-16(22)5-8-18(19)21(24)25/h2-8,12-13H,1,9-11H2/b15-12+. The van der Waals surface area contributed by atoms with Crippen molar-refractivity contribution in [2.45, 2.75) is 13.0 Å². The summed E-state index contributed by atoms with van der Waals surface area (Å²) in [5, 5.41) is 1.18. The van der Waals surface area contributed by atoms with E-state index in [9.17, 15) is 4.79 Å². The highest BCUT2D eigenvalue weighted by atomic mass is 35.5. The van der Waals surface area contributed by atoms with E-state index in [0.29, 0.717) is 29.1 Å². The average molecular weight is 365 g/mol.